The van der Waals surface area contributed by atoms with E-state index < -0.39 is 17.2 Å². The van der Waals surface area contributed by atoms with Gasteiger partial charge in [0.1, 0.15) is 5.60 Å². The molecule has 1 aromatic carbocycles. The van der Waals surface area contributed by atoms with E-state index in [1.165, 1.54) is 6.07 Å². The maximum atomic E-state index is 13.3. The molecule has 1 aromatic rings. The molecule has 0 unspecified atom stereocenters. The van der Waals surface area contributed by atoms with Gasteiger partial charge >= 0.3 is 0 Å². The number of halogens is 2. The summed E-state index contributed by atoms with van der Waals surface area (Å²) in [6, 6.07) is 2.56. The highest BCUT2D eigenvalue weighted by molar-refractivity contribution is 5.59. The van der Waals surface area contributed by atoms with Crippen LogP contribution >= 0.6 is 0 Å². The Kier molecular flexibility index (Phi) is 1.87. The van der Waals surface area contributed by atoms with Gasteiger partial charge < -0.3 is 10.1 Å². The summed E-state index contributed by atoms with van der Waals surface area (Å²) in [7, 11) is 0. The molecule has 0 atom stereocenters. The molecule has 1 N–H and O–H groups in total. The first kappa shape index (κ1) is 9.24. The number of nitrogens with one attached hydrogen (secondary N) is 1. The zero-order valence-corrected chi connectivity index (χ0v) is 8.03. The molecule has 76 valence electrons. The van der Waals surface area contributed by atoms with Crippen molar-refractivity contribution in [2.45, 2.75) is 19.4 Å². The summed E-state index contributed by atoms with van der Waals surface area (Å²) < 4.78 is 31.5. The van der Waals surface area contributed by atoms with Gasteiger partial charge in [-0.3, -0.25) is 0 Å². The summed E-state index contributed by atoms with van der Waals surface area (Å²) in [5.41, 5.74) is -0.00928. The monoisotopic (exact) mass is 199 g/mol. The lowest BCUT2D eigenvalue weighted by atomic mass is 10.1. The smallest absolute Gasteiger partial charge is 0.202 e. The van der Waals surface area contributed by atoms with E-state index in [9.17, 15) is 8.78 Å². The van der Waals surface area contributed by atoms with E-state index in [0.717, 1.165) is 6.07 Å². The summed E-state index contributed by atoms with van der Waals surface area (Å²) in [5, 5.41) is 2.99. The van der Waals surface area contributed by atoms with E-state index in [0.29, 0.717) is 12.2 Å². The lowest BCUT2D eigenvalue weighted by Gasteiger charge is -2.33. The Morgan fingerprint density at radius 1 is 1.36 bits per heavy atom. The number of hydrogen-bond donors (Lipinski definition) is 1. The highest BCUT2D eigenvalue weighted by Gasteiger charge is 2.29. The molecule has 1 aliphatic heterocycles. The van der Waals surface area contributed by atoms with E-state index in [-0.39, 0.29) is 5.75 Å². The third kappa shape index (κ3) is 1.41. The van der Waals surface area contributed by atoms with Crippen LogP contribution in [0.2, 0.25) is 0 Å². The largest absolute Gasteiger partial charge is 0.481 e. The van der Waals surface area contributed by atoms with Crippen molar-refractivity contribution in [3.63, 3.8) is 0 Å². The minimum Gasteiger partial charge on any atom is -0.481 e. The molecule has 14 heavy (non-hydrogen) atoms. The van der Waals surface area contributed by atoms with Gasteiger partial charge in [-0.15, -0.1) is 0 Å². The fourth-order valence-corrected chi connectivity index (χ4v) is 1.39. The number of benzene rings is 1. The van der Waals surface area contributed by atoms with Gasteiger partial charge in [-0.05, 0) is 26.0 Å². The molecule has 0 radical (unpaired) electrons. The average Bonchev–Trinajstić information content (AvgIpc) is 2.11. The van der Waals surface area contributed by atoms with Crippen LogP contribution < -0.4 is 10.1 Å². The van der Waals surface area contributed by atoms with Crippen molar-refractivity contribution in [2.24, 2.45) is 0 Å². The molecule has 0 amide bonds. The van der Waals surface area contributed by atoms with Crippen LogP contribution in [0.25, 0.3) is 0 Å². The van der Waals surface area contributed by atoms with Gasteiger partial charge in [-0.2, -0.15) is 4.39 Å². The molecule has 0 aromatic heterocycles. The fraction of sp³-hybridized carbons (Fsp3) is 0.400. The first-order chi connectivity index (χ1) is 6.49. The highest BCUT2D eigenvalue weighted by Crippen LogP contribution is 2.35. The van der Waals surface area contributed by atoms with Crippen molar-refractivity contribution in [3.05, 3.63) is 23.8 Å². The Balaban J connectivity index is 2.49. The molecule has 1 heterocycles. The standard InChI is InChI=1S/C10H11F2NO/c1-10(2)5-13-7-4-3-6(11)8(12)9(7)14-10/h3-4,13H,5H2,1-2H3. The number of fused-ring (bicyclic) bond motifs is 1. The first-order valence-corrected chi connectivity index (χ1v) is 4.40. The lowest BCUT2D eigenvalue weighted by Crippen LogP contribution is -2.40. The number of anilines is 1. The maximum absolute atomic E-state index is 13.3. The molecule has 0 bridgehead atoms. The molecular weight excluding hydrogens is 188 g/mol. The van der Waals surface area contributed by atoms with Gasteiger partial charge in [0, 0.05) is 0 Å². The Labute approximate surface area is 80.9 Å². The average molecular weight is 199 g/mol. The van der Waals surface area contributed by atoms with Gasteiger partial charge in [0.15, 0.2) is 11.6 Å². The van der Waals surface area contributed by atoms with Crippen molar-refractivity contribution < 1.29 is 13.5 Å². The van der Waals surface area contributed by atoms with Crippen LogP contribution in [-0.4, -0.2) is 12.1 Å². The Morgan fingerprint density at radius 2 is 2.07 bits per heavy atom. The minimum atomic E-state index is -0.928. The first-order valence-electron chi connectivity index (χ1n) is 4.40. The zero-order chi connectivity index (χ0) is 10.3. The molecule has 1 aliphatic rings. The molecule has 0 aliphatic carbocycles. The summed E-state index contributed by atoms with van der Waals surface area (Å²) >= 11 is 0. The Morgan fingerprint density at radius 3 is 2.79 bits per heavy atom. The van der Waals surface area contributed by atoms with Crippen LogP contribution in [0.1, 0.15) is 13.8 Å². The zero-order valence-electron chi connectivity index (χ0n) is 8.03. The SMILES string of the molecule is CC1(C)CNc2ccc(F)c(F)c2O1. The quantitative estimate of drug-likeness (QED) is 0.693. The van der Waals surface area contributed by atoms with Crippen LogP contribution in [0.3, 0.4) is 0 Å². The molecule has 2 nitrogen and oxygen atoms in total. The van der Waals surface area contributed by atoms with Crippen molar-refractivity contribution >= 4 is 5.69 Å². The predicted octanol–water partition coefficient (Wildman–Crippen LogP) is 2.55. The molecule has 2 rings (SSSR count). The van der Waals surface area contributed by atoms with Crippen LogP contribution in [0, 0.1) is 11.6 Å². The predicted molar refractivity (Wildman–Crippen MR) is 49.6 cm³/mol. The summed E-state index contributed by atoms with van der Waals surface area (Å²) in [5.74, 6) is -1.84. The fourth-order valence-electron chi connectivity index (χ4n) is 1.39. The van der Waals surface area contributed by atoms with E-state index >= 15 is 0 Å². The van der Waals surface area contributed by atoms with Crippen LogP contribution in [0.5, 0.6) is 5.75 Å². The summed E-state index contributed by atoms with van der Waals surface area (Å²) in [6.07, 6.45) is 0. The topological polar surface area (TPSA) is 21.3 Å². The van der Waals surface area contributed by atoms with Crippen LogP contribution in [0.4, 0.5) is 14.5 Å². The summed E-state index contributed by atoms with van der Waals surface area (Å²) in [6.45, 7) is 4.20. The van der Waals surface area contributed by atoms with Crippen LogP contribution in [-0.2, 0) is 0 Å². The molecule has 0 saturated carbocycles. The number of hydrogen-bond acceptors (Lipinski definition) is 2. The van der Waals surface area contributed by atoms with Crippen LogP contribution in [0.15, 0.2) is 12.1 Å². The van der Waals surface area contributed by atoms with Gasteiger partial charge in [0.2, 0.25) is 5.82 Å². The van der Waals surface area contributed by atoms with Crippen molar-refractivity contribution in [2.75, 3.05) is 11.9 Å². The second kappa shape index (κ2) is 2.83. The molecule has 0 saturated heterocycles. The Hall–Kier alpha value is -1.32. The molecule has 0 fully saturated rings. The number of rotatable bonds is 0. The van der Waals surface area contributed by atoms with Crippen molar-refractivity contribution in [1.29, 1.82) is 0 Å². The highest BCUT2D eigenvalue weighted by atomic mass is 19.2. The third-order valence-corrected chi connectivity index (χ3v) is 2.13. The lowest BCUT2D eigenvalue weighted by molar-refractivity contribution is 0.108. The van der Waals surface area contributed by atoms with E-state index in [4.69, 9.17) is 4.74 Å². The van der Waals surface area contributed by atoms with E-state index in [1.54, 1.807) is 0 Å². The molecule has 4 heteroatoms. The number of ether oxygens (including phenoxy) is 1. The van der Waals surface area contributed by atoms with E-state index in [1.807, 2.05) is 13.8 Å². The molecule has 0 spiro atoms. The summed E-state index contributed by atoms with van der Waals surface area (Å²) in [4.78, 5) is 0. The van der Waals surface area contributed by atoms with E-state index in [2.05, 4.69) is 5.32 Å². The van der Waals surface area contributed by atoms with Gasteiger partial charge in [-0.1, -0.05) is 0 Å². The van der Waals surface area contributed by atoms with Gasteiger partial charge in [-0.25, -0.2) is 4.39 Å². The molecular formula is C10H11F2NO. The second-order valence-electron chi connectivity index (χ2n) is 3.95. The third-order valence-electron chi connectivity index (χ3n) is 2.13. The van der Waals surface area contributed by atoms with Gasteiger partial charge in [0.25, 0.3) is 0 Å². The normalized spacial score (nSPS) is 18.0. The maximum Gasteiger partial charge on any atom is 0.202 e. The van der Waals surface area contributed by atoms with Crippen molar-refractivity contribution in [1.82, 2.24) is 0 Å². The minimum absolute atomic E-state index is 0.0266. The van der Waals surface area contributed by atoms with Gasteiger partial charge in [0.05, 0.1) is 12.2 Å². The van der Waals surface area contributed by atoms with Crippen molar-refractivity contribution in [3.8, 4) is 5.75 Å². The Bertz CT molecular complexity index is 377. The second-order valence-corrected chi connectivity index (χ2v) is 3.95.